The van der Waals surface area contributed by atoms with E-state index in [2.05, 4.69) is 17.2 Å². The number of amides is 1. The molecule has 0 aliphatic carbocycles. The van der Waals surface area contributed by atoms with Crippen molar-refractivity contribution in [2.45, 2.75) is 32.8 Å². The molecule has 0 saturated heterocycles. The topological polar surface area (TPSA) is 75.6 Å². The van der Waals surface area contributed by atoms with Crippen LogP contribution in [0.2, 0.25) is 0 Å². The van der Waals surface area contributed by atoms with Crippen molar-refractivity contribution < 1.29 is 28.2 Å². The van der Waals surface area contributed by atoms with Gasteiger partial charge in [-0.1, -0.05) is 11.8 Å². The van der Waals surface area contributed by atoms with Gasteiger partial charge in [0.2, 0.25) is 0 Å². The zero-order chi connectivity index (χ0) is 17.6. The summed E-state index contributed by atoms with van der Waals surface area (Å²) in [7, 11) is 0. The van der Waals surface area contributed by atoms with E-state index in [1.807, 2.05) is 0 Å². The number of halogens is 2. The fourth-order valence-corrected chi connectivity index (χ4v) is 1.51. The summed E-state index contributed by atoms with van der Waals surface area (Å²) < 4.78 is 31.7. The minimum Gasteiger partial charge on any atom is -0.478 e. The summed E-state index contributed by atoms with van der Waals surface area (Å²) in [6.07, 6.45) is -0.404. The minimum atomic E-state index is -1.50. The molecule has 0 aromatic heterocycles. The Kier molecular flexibility index (Phi) is 6.08. The molecule has 0 bridgehead atoms. The maximum Gasteiger partial charge on any atom is 0.407 e. The fourth-order valence-electron chi connectivity index (χ4n) is 1.51. The summed E-state index contributed by atoms with van der Waals surface area (Å²) in [6.45, 7) is 5.35. The molecule has 5 nitrogen and oxygen atoms in total. The van der Waals surface area contributed by atoms with Gasteiger partial charge in [-0.2, -0.15) is 0 Å². The van der Waals surface area contributed by atoms with E-state index in [-0.39, 0.29) is 18.5 Å². The third-order valence-corrected chi connectivity index (χ3v) is 2.43. The number of nitrogens with one attached hydrogen (secondary N) is 1. The molecule has 0 unspecified atom stereocenters. The molecular formula is C16H17F2NO4. The SMILES string of the molecule is CC(C)(C)OC(=O)NCCC#Cc1cc(C(=O)O)c(F)cc1F. The number of benzene rings is 1. The molecule has 1 aromatic rings. The molecule has 0 radical (unpaired) electrons. The monoisotopic (exact) mass is 325 g/mol. The number of carbonyl (C=O) groups excluding carboxylic acids is 1. The van der Waals surface area contributed by atoms with Crippen LogP contribution in [-0.4, -0.2) is 29.3 Å². The molecule has 23 heavy (non-hydrogen) atoms. The van der Waals surface area contributed by atoms with Gasteiger partial charge in [0.25, 0.3) is 0 Å². The summed E-state index contributed by atoms with van der Waals surface area (Å²) >= 11 is 0. The zero-order valence-corrected chi connectivity index (χ0v) is 13.0. The van der Waals surface area contributed by atoms with E-state index in [0.717, 1.165) is 6.07 Å². The quantitative estimate of drug-likeness (QED) is 0.662. The summed E-state index contributed by atoms with van der Waals surface area (Å²) in [5, 5.41) is 11.2. The molecule has 0 aliphatic heterocycles. The highest BCUT2D eigenvalue weighted by atomic mass is 19.1. The molecule has 1 rings (SSSR count). The number of carbonyl (C=O) groups is 2. The summed E-state index contributed by atoms with van der Waals surface area (Å²) in [5.74, 6) is 1.37. The van der Waals surface area contributed by atoms with Crippen molar-refractivity contribution in [1.82, 2.24) is 5.32 Å². The van der Waals surface area contributed by atoms with Crippen LogP contribution in [-0.2, 0) is 4.74 Å². The van der Waals surface area contributed by atoms with E-state index < -0.39 is 34.9 Å². The van der Waals surface area contributed by atoms with Crippen LogP contribution in [0.25, 0.3) is 0 Å². The van der Waals surface area contributed by atoms with Crippen molar-refractivity contribution in [2.24, 2.45) is 0 Å². The Morgan fingerprint density at radius 1 is 1.26 bits per heavy atom. The minimum absolute atomic E-state index is 0.177. The number of hydrogen-bond donors (Lipinski definition) is 2. The van der Waals surface area contributed by atoms with E-state index in [4.69, 9.17) is 9.84 Å². The molecule has 0 spiro atoms. The number of rotatable bonds is 3. The number of carboxylic acid groups (broad SMARTS) is 1. The lowest BCUT2D eigenvalue weighted by atomic mass is 10.1. The van der Waals surface area contributed by atoms with Crippen LogP contribution in [0.1, 0.15) is 43.1 Å². The zero-order valence-electron chi connectivity index (χ0n) is 13.0. The number of alkyl carbamates (subject to hydrolysis) is 1. The molecule has 2 N–H and O–H groups in total. The van der Waals surface area contributed by atoms with Gasteiger partial charge in [-0.15, -0.1) is 0 Å². The maximum absolute atomic E-state index is 13.5. The van der Waals surface area contributed by atoms with Gasteiger partial charge in [0, 0.05) is 19.0 Å². The Hall–Kier alpha value is -2.62. The van der Waals surface area contributed by atoms with Crippen molar-refractivity contribution in [3.8, 4) is 11.8 Å². The Morgan fingerprint density at radius 2 is 1.91 bits per heavy atom. The molecule has 0 fully saturated rings. The highest BCUT2D eigenvalue weighted by Crippen LogP contribution is 2.14. The lowest BCUT2D eigenvalue weighted by Gasteiger charge is -2.19. The Labute approximate surface area is 132 Å². The van der Waals surface area contributed by atoms with E-state index in [1.54, 1.807) is 20.8 Å². The van der Waals surface area contributed by atoms with Crippen molar-refractivity contribution in [3.05, 3.63) is 34.9 Å². The standard InChI is InChI=1S/C16H17F2NO4/c1-16(2,3)23-15(22)19-7-5-4-6-10-8-11(14(20)21)13(18)9-12(10)17/h8-9H,5,7H2,1-3H3,(H,19,22)(H,20,21). The first-order valence-corrected chi connectivity index (χ1v) is 6.78. The van der Waals surface area contributed by atoms with Gasteiger partial charge in [-0.05, 0) is 26.8 Å². The lowest BCUT2D eigenvalue weighted by Crippen LogP contribution is -2.32. The molecule has 1 aromatic carbocycles. The van der Waals surface area contributed by atoms with Crippen molar-refractivity contribution in [1.29, 1.82) is 0 Å². The van der Waals surface area contributed by atoms with Gasteiger partial charge in [-0.3, -0.25) is 0 Å². The van der Waals surface area contributed by atoms with Gasteiger partial charge in [0.15, 0.2) is 0 Å². The first-order valence-electron chi connectivity index (χ1n) is 6.78. The normalized spacial score (nSPS) is 10.5. The molecule has 7 heteroatoms. The van der Waals surface area contributed by atoms with Gasteiger partial charge in [0.05, 0.1) is 11.1 Å². The highest BCUT2D eigenvalue weighted by molar-refractivity contribution is 5.88. The second-order valence-corrected chi connectivity index (χ2v) is 5.60. The van der Waals surface area contributed by atoms with Crippen LogP contribution in [0.15, 0.2) is 12.1 Å². The van der Waals surface area contributed by atoms with E-state index in [0.29, 0.717) is 6.07 Å². The molecule has 0 saturated carbocycles. The maximum atomic E-state index is 13.5. The Balaban J connectivity index is 2.62. The fraction of sp³-hybridized carbons (Fsp3) is 0.375. The highest BCUT2D eigenvalue weighted by Gasteiger charge is 2.15. The first kappa shape index (κ1) is 18.4. The third-order valence-electron chi connectivity index (χ3n) is 2.43. The van der Waals surface area contributed by atoms with Crippen LogP contribution in [0, 0.1) is 23.5 Å². The predicted molar refractivity (Wildman–Crippen MR) is 79.0 cm³/mol. The Bertz CT molecular complexity index is 669. The van der Waals surface area contributed by atoms with Crippen molar-refractivity contribution in [2.75, 3.05) is 6.54 Å². The molecule has 0 heterocycles. The summed E-state index contributed by atoms with van der Waals surface area (Å²) in [4.78, 5) is 22.1. The predicted octanol–water partition coefficient (Wildman–Crippen LogP) is 2.93. The summed E-state index contributed by atoms with van der Waals surface area (Å²) in [5.41, 5.74) is -1.48. The number of ether oxygens (including phenoxy) is 1. The third kappa shape index (κ3) is 6.34. The van der Waals surface area contributed by atoms with Gasteiger partial charge in [0.1, 0.15) is 17.2 Å². The van der Waals surface area contributed by atoms with E-state index in [1.165, 1.54) is 0 Å². The molecule has 0 atom stereocenters. The average molecular weight is 325 g/mol. The molecule has 1 amide bonds. The van der Waals surface area contributed by atoms with Crippen LogP contribution in [0.5, 0.6) is 0 Å². The van der Waals surface area contributed by atoms with Crippen molar-refractivity contribution in [3.63, 3.8) is 0 Å². The number of aromatic carboxylic acids is 1. The second kappa shape index (κ2) is 7.58. The largest absolute Gasteiger partial charge is 0.478 e. The molecule has 0 aliphatic rings. The van der Waals surface area contributed by atoms with Crippen LogP contribution in [0.4, 0.5) is 13.6 Å². The van der Waals surface area contributed by atoms with Crippen LogP contribution in [0.3, 0.4) is 0 Å². The van der Waals surface area contributed by atoms with Gasteiger partial charge in [-0.25, -0.2) is 18.4 Å². The second-order valence-electron chi connectivity index (χ2n) is 5.60. The lowest BCUT2D eigenvalue weighted by molar-refractivity contribution is 0.0528. The van der Waals surface area contributed by atoms with Crippen LogP contribution < -0.4 is 5.32 Å². The van der Waals surface area contributed by atoms with Gasteiger partial charge >= 0.3 is 12.1 Å². The van der Waals surface area contributed by atoms with E-state index >= 15 is 0 Å². The van der Waals surface area contributed by atoms with Crippen molar-refractivity contribution >= 4 is 12.1 Å². The number of hydrogen-bond acceptors (Lipinski definition) is 3. The number of carboxylic acids is 1. The van der Waals surface area contributed by atoms with Gasteiger partial charge < -0.3 is 15.2 Å². The smallest absolute Gasteiger partial charge is 0.407 e. The van der Waals surface area contributed by atoms with E-state index in [9.17, 15) is 18.4 Å². The Morgan fingerprint density at radius 3 is 2.48 bits per heavy atom. The average Bonchev–Trinajstić information content (AvgIpc) is 2.38. The molecule has 124 valence electrons. The first-order chi connectivity index (χ1) is 10.6. The van der Waals surface area contributed by atoms with Crippen LogP contribution >= 0.6 is 0 Å². The molecular weight excluding hydrogens is 308 g/mol. The summed E-state index contributed by atoms with van der Waals surface area (Å²) in [6, 6.07) is 1.31.